The number of carbonyl (C=O) groups is 1. The number of nitrogens with zero attached hydrogens (tertiary/aromatic N) is 3. The molecule has 0 aliphatic rings. The fourth-order valence-corrected chi connectivity index (χ4v) is 2.24. The fourth-order valence-electron chi connectivity index (χ4n) is 2.24. The first-order valence-corrected chi connectivity index (χ1v) is 7.09. The number of amidine groups is 1. The summed E-state index contributed by atoms with van der Waals surface area (Å²) in [5, 5.41) is 3.70. The molecule has 116 valence electrons. The van der Waals surface area contributed by atoms with Crippen molar-refractivity contribution >= 4 is 34.2 Å². The van der Waals surface area contributed by atoms with E-state index in [1.807, 2.05) is 19.2 Å². The monoisotopic (exact) mass is 308 g/mol. The van der Waals surface area contributed by atoms with Gasteiger partial charge in [-0.25, -0.2) is 9.98 Å². The third kappa shape index (κ3) is 3.34. The van der Waals surface area contributed by atoms with Gasteiger partial charge in [0, 0.05) is 17.8 Å². The minimum absolute atomic E-state index is 0.000488. The van der Waals surface area contributed by atoms with E-state index >= 15 is 0 Å². The van der Waals surface area contributed by atoms with Crippen LogP contribution in [0.1, 0.15) is 12.0 Å². The van der Waals surface area contributed by atoms with Crippen molar-refractivity contribution in [2.75, 3.05) is 5.32 Å². The predicted molar refractivity (Wildman–Crippen MR) is 89.6 cm³/mol. The van der Waals surface area contributed by atoms with Crippen molar-refractivity contribution in [2.24, 2.45) is 10.7 Å². The molecule has 0 spiro atoms. The van der Waals surface area contributed by atoms with Crippen LogP contribution in [0.25, 0.3) is 11.0 Å². The van der Waals surface area contributed by atoms with E-state index in [1.165, 1.54) is 0 Å². The molecule has 0 atom stereocenters. The summed E-state index contributed by atoms with van der Waals surface area (Å²) in [5.74, 6) is -0.0150. The molecule has 0 fully saturated rings. The highest BCUT2D eigenvalue weighted by atomic mass is 16.1. The van der Waals surface area contributed by atoms with Crippen LogP contribution in [0.4, 0.5) is 11.4 Å². The molecule has 0 aliphatic carbocycles. The Hall–Kier alpha value is -3.22. The van der Waals surface area contributed by atoms with Gasteiger partial charge in [-0.2, -0.15) is 0 Å². The van der Waals surface area contributed by atoms with Gasteiger partial charge in [0.05, 0.1) is 30.2 Å². The van der Waals surface area contributed by atoms with E-state index in [9.17, 15) is 4.79 Å². The number of nitrogens with one attached hydrogen (secondary N) is 2. The number of H-pyrrole nitrogens is 1. The molecular formula is C16H16N6O. The number of aliphatic imine (C=N–C) groups is 1. The Labute approximate surface area is 132 Å². The van der Waals surface area contributed by atoms with Crippen molar-refractivity contribution in [3.63, 3.8) is 0 Å². The molecule has 3 aromatic rings. The van der Waals surface area contributed by atoms with Crippen molar-refractivity contribution in [2.45, 2.75) is 13.3 Å². The quantitative estimate of drug-likeness (QED) is 0.507. The predicted octanol–water partition coefficient (Wildman–Crippen LogP) is 2.28. The van der Waals surface area contributed by atoms with Crippen molar-refractivity contribution < 1.29 is 4.79 Å². The van der Waals surface area contributed by atoms with E-state index in [-0.39, 0.29) is 18.2 Å². The molecule has 0 radical (unpaired) electrons. The van der Waals surface area contributed by atoms with Crippen molar-refractivity contribution in [1.29, 1.82) is 0 Å². The zero-order valence-corrected chi connectivity index (χ0v) is 12.6. The fraction of sp³-hybridized carbons (Fsp3) is 0.125. The van der Waals surface area contributed by atoms with Crippen molar-refractivity contribution in [3.8, 4) is 0 Å². The molecule has 0 bridgehead atoms. The average Bonchev–Trinajstić information content (AvgIpc) is 3.00. The molecule has 7 nitrogen and oxygen atoms in total. The molecule has 0 aromatic carbocycles. The highest BCUT2D eigenvalue weighted by molar-refractivity contribution is 6.05. The van der Waals surface area contributed by atoms with Gasteiger partial charge in [-0.05, 0) is 30.7 Å². The van der Waals surface area contributed by atoms with Crippen LogP contribution in [-0.4, -0.2) is 26.7 Å². The molecule has 0 saturated carbocycles. The summed E-state index contributed by atoms with van der Waals surface area (Å²) in [5.41, 5.74) is 8.93. The number of hydrogen-bond donors (Lipinski definition) is 3. The zero-order valence-electron chi connectivity index (χ0n) is 12.6. The molecule has 7 heteroatoms. The highest BCUT2D eigenvalue weighted by Gasteiger charge is 2.08. The van der Waals surface area contributed by atoms with Crippen LogP contribution in [0, 0.1) is 6.92 Å². The van der Waals surface area contributed by atoms with Crippen molar-refractivity contribution in [1.82, 2.24) is 15.0 Å². The van der Waals surface area contributed by atoms with E-state index in [4.69, 9.17) is 5.73 Å². The third-order valence-electron chi connectivity index (χ3n) is 3.38. The number of carbonyl (C=O) groups excluding carboxylic acids is 1. The number of fused-ring (bicyclic) bond motifs is 1. The first kappa shape index (κ1) is 14.7. The Kier molecular flexibility index (Phi) is 4.01. The van der Waals surface area contributed by atoms with Gasteiger partial charge in [-0.1, -0.05) is 0 Å². The standard InChI is InChI=1S/C16H16N6O/c1-10-12-4-6-19-16(12)20-9-13(10)22-14(17)7-15(23)21-11-3-2-5-18-8-11/h2-6,8-9H,7H2,1H3,(H2,17,22)(H,19,20)(H,21,23). The van der Waals surface area contributed by atoms with Gasteiger partial charge in [0.25, 0.3) is 0 Å². The van der Waals surface area contributed by atoms with Gasteiger partial charge in [0.2, 0.25) is 5.91 Å². The number of hydrogen-bond acceptors (Lipinski definition) is 4. The van der Waals surface area contributed by atoms with E-state index in [1.54, 1.807) is 30.7 Å². The molecule has 1 amide bonds. The lowest BCUT2D eigenvalue weighted by Gasteiger charge is -2.06. The molecule has 4 N–H and O–H groups in total. The number of pyridine rings is 2. The zero-order chi connectivity index (χ0) is 16.2. The summed E-state index contributed by atoms with van der Waals surface area (Å²) in [6.45, 7) is 1.94. The summed E-state index contributed by atoms with van der Waals surface area (Å²) in [4.78, 5) is 27.5. The Balaban J connectivity index is 1.73. The van der Waals surface area contributed by atoms with Crippen LogP contribution in [-0.2, 0) is 4.79 Å². The second-order valence-corrected chi connectivity index (χ2v) is 5.08. The first-order valence-electron chi connectivity index (χ1n) is 7.09. The Morgan fingerprint density at radius 3 is 3.04 bits per heavy atom. The number of aromatic nitrogens is 3. The van der Waals surface area contributed by atoms with Crippen LogP contribution < -0.4 is 11.1 Å². The molecule has 3 rings (SSSR count). The summed E-state index contributed by atoms with van der Waals surface area (Å²) < 4.78 is 0. The van der Waals surface area contributed by atoms with Crippen LogP contribution in [0.2, 0.25) is 0 Å². The van der Waals surface area contributed by atoms with E-state index in [2.05, 4.69) is 25.3 Å². The van der Waals surface area contributed by atoms with Gasteiger partial charge < -0.3 is 16.0 Å². The lowest BCUT2D eigenvalue weighted by Crippen LogP contribution is -2.22. The number of amides is 1. The Bertz CT molecular complexity index is 869. The Morgan fingerprint density at radius 1 is 1.39 bits per heavy atom. The molecule has 23 heavy (non-hydrogen) atoms. The maximum atomic E-state index is 11.9. The number of rotatable bonds is 4. The normalized spacial score (nSPS) is 11.6. The van der Waals surface area contributed by atoms with Gasteiger partial charge in [0.1, 0.15) is 11.5 Å². The van der Waals surface area contributed by atoms with Crippen LogP contribution >= 0.6 is 0 Å². The summed E-state index contributed by atoms with van der Waals surface area (Å²) >= 11 is 0. The minimum atomic E-state index is -0.243. The number of nitrogens with two attached hydrogens (primary N) is 1. The maximum Gasteiger partial charge on any atom is 0.231 e. The van der Waals surface area contributed by atoms with Gasteiger partial charge in [-0.3, -0.25) is 9.78 Å². The second-order valence-electron chi connectivity index (χ2n) is 5.08. The van der Waals surface area contributed by atoms with Gasteiger partial charge in [0.15, 0.2) is 0 Å². The van der Waals surface area contributed by atoms with E-state index < -0.39 is 0 Å². The van der Waals surface area contributed by atoms with Crippen LogP contribution in [0.3, 0.4) is 0 Å². The smallest absolute Gasteiger partial charge is 0.231 e. The van der Waals surface area contributed by atoms with E-state index in [0.717, 1.165) is 16.6 Å². The Morgan fingerprint density at radius 2 is 2.26 bits per heavy atom. The second kappa shape index (κ2) is 6.27. The number of anilines is 1. The number of aryl methyl sites for hydroxylation is 1. The molecule has 0 aliphatic heterocycles. The molecule has 3 heterocycles. The highest BCUT2D eigenvalue weighted by Crippen LogP contribution is 2.24. The molecule has 0 saturated heterocycles. The summed E-state index contributed by atoms with van der Waals surface area (Å²) in [6.07, 6.45) is 6.67. The largest absolute Gasteiger partial charge is 0.387 e. The first-order chi connectivity index (χ1) is 11.1. The molecule has 3 aromatic heterocycles. The minimum Gasteiger partial charge on any atom is -0.387 e. The lowest BCUT2D eigenvalue weighted by molar-refractivity contribution is -0.115. The lowest BCUT2D eigenvalue weighted by atomic mass is 10.2. The average molecular weight is 308 g/mol. The molecular weight excluding hydrogens is 292 g/mol. The topological polar surface area (TPSA) is 109 Å². The van der Waals surface area contributed by atoms with Crippen LogP contribution in [0.5, 0.6) is 0 Å². The maximum absolute atomic E-state index is 11.9. The molecule has 0 unspecified atom stereocenters. The van der Waals surface area contributed by atoms with Gasteiger partial charge >= 0.3 is 0 Å². The van der Waals surface area contributed by atoms with Gasteiger partial charge in [-0.15, -0.1) is 0 Å². The van der Waals surface area contributed by atoms with E-state index in [0.29, 0.717) is 11.4 Å². The summed E-state index contributed by atoms with van der Waals surface area (Å²) in [6, 6.07) is 5.43. The third-order valence-corrected chi connectivity index (χ3v) is 3.38. The number of aromatic amines is 1. The summed E-state index contributed by atoms with van der Waals surface area (Å²) in [7, 11) is 0. The van der Waals surface area contributed by atoms with Crippen molar-refractivity contribution in [3.05, 3.63) is 48.5 Å². The SMILES string of the molecule is Cc1c(/N=C(\N)CC(=O)Nc2cccnc2)cnc2[nH]ccc12. The van der Waals surface area contributed by atoms with Crippen LogP contribution in [0.15, 0.2) is 48.0 Å².